The van der Waals surface area contributed by atoms with Crippen molar-refractivity contribution in [2.24, 2.45) is 17.6 Å². The minimum absolute atomic E-state index is 0.110. The Morgan fingerprint density at radius 3 is 2.33 bits per heavy atom. The highest BCUT2D eigenvalue weighted by molar-refractivity contribution is 5.81. The van der Waals surface area contributed by atoms with Crippen molar-refractivity contribution in [1.29, 1.82) is 0 Å². The van der Waals surface area contributed by atoms with Gasteiger partial charge in [0.15, 0.2) is 0 Å². The molecule has 0 radical (unpaired) electrons. The van der Waals surface area contributed by atoms with Crippen LogP contribution in [-0.2, 0) is 9.59 Å². The van der Waals surface area contributed by atoms with Gasteiger partial charge in [0.25, 0.3) is 0 Å². The molecule has 5 heteroatoms. The van der Waals surface area contributed by atoms with Gasteiger partial charge in [0.2, 0.25) is 11.8 Å². The summed E-state index contributed by atoms with van der Waals surface area (Å²) in [4.78, 5) is 26.4. The Labute approximate surface area is 143 Å². The van der Waals surface area contributed by atoms with Gasteiger partial charge in [-0.05, 0) is 31.2 Å². The molecule has 0 bridgehead atoms. The fourth-order valence-electron chi connectivity index (χ4n) is 3.31. The van der Waals surface area contributed by atoms with Gasteiger partial charge in [-0.25, -0.2) is 0 Å². The normalized spacial score (nSPS) is 21.2. The number of benzene rings is 1. The van der Waals surface area contributed by atoms with Gasteiger partial charge in [0.1, 0.15) is 0 Å². The molecule has 2 fully saturated rings. The SMILES string of the molecule is CC(C(=O)N1CCC(NC(=O)C2CC2)CC1)C(N)c1ccccc1. The molecular formula is C19H27N3O2. The minimum atomic E-state index is -0.286. The van der Waals surface area contributed by atoms with Crippen LogP contribution in [-0.4, -0.2) is 35.8 Å². The zero-order chi connectivity index (χ0) is 17.1. The molecule has 1 aromatic carbocycles. The summed E-state index contributed by atoms with van der Waals surface area (Å²) in [7, 11) is 0. The second kappa shape index (κ2) is 7.34. The number of carbonyl (C=O) groups excluding carboxylic acids is 2. The average molecular weight is 329 g/mol. The van der Waals surface area contributed by atoms with Crippen LogP contribution in [0.25, 0.3) is 0 Å². The first kappa shape index (κ1) is 17.0. The Morgan fingerprint density at radius 2 is 1.75 bits per heavy atom. The van der Waals surface area contributed by atoms with Crippen LogP contribution in [0, 0.1) is 11.8 Å². The van der Waals surface area contributed by atoms with Crippen molar-refractivity contribution in [1.82, 2.24) is 10.2 Å². The third kappa shape index (κ3) is 3.96. The maximum atomic E-state index is 12.7. The molecule has 1 aliphatic carbocycles. The first-order valence-corrected chi connectivity index (χ1v) is 8.96. The molecule has 2 unspecified atom stereocenters. The lowest BCUT2D eigenvalue weighted by Crippen LogP contribution is -2.49. The van der Waals surface area contributed by atoms with Gasteiger partial charge in [-0.2, -0.15) is 0 Å². The zero-order valence-corrected chi connectivity index (χ0v) is 14.3. The fourth-order valence-corrected chi connectivity index (χ4v) is 3.31. The summed E-state index contributed by atoms with van der Waals surface area (Å²) in [6.07, 6.45) is 3.71. The first-order chi connectivity index (χ1) is 11.6. The van der Waals surface area contributed by atoms with Crippen molar-refractivity contribution in [2.75, 3.05) is 13.1 Å². The van der Waals surface area contributed by atoms with Crippen LogP contribution in [0.1, 0.15) is 44.2 Å². The lowest BCUT2D eigenvalue weighted by Gasteiger charge is -2.35. The number of amides is 2. The summed E-state index contributed by atoms with van der Waals surface area (Å²) in [6, 6.07) is 9.69. The minimum Gasteiger partial charge on any atom is -0.353 e. The van der Waals surface area contributed by atoms with Crippen molar-refractivity contribution in [3.8, 4) is 0 Å². The third-order valence-corrected chi connectivity index (χ3v) is 5.21. The Morgan fingerprint density at radius 1 is 1.12 bits per heavy atom. The van der Waals surface area contributed by atoms with Gasteiger partial charge in [-0.15, -0.1) is 0 Å². The summed E-state index contributed by atoms with van der Waals surface area (Å²) in [5.74, 6) is 0.302. The maximum Gasteiger partial charge on any atom is 0.227 e. The van der Waals surface area contributed by atoms with Gasteiger partial charge in [-0.3, -0.25) is 9.59 Å². The molecule has 130 valence electrons. The largest absolute Gasteiger partial charge is 0.353 e. The molecule has 2 amide bonds. The quantitative estimate of drug-likeness (QED) is 0.865. The van der Waals surface area contributed by atoms with Crippen molar-refractivity contribution in [2.45, 2.75) is 44.7 Å². The summed E-state index contributed by atoms with van der Waals surface area (Å²) < 4.78 is 0. The number of nitrogens with one attached hydrogen (secondary N) is 1. The number of rotatable bonds is 5. The number of nitrogens with two attached hydrogens (primary N) is 1. The molecule has 1 aromatic rings. The van der Waals surface area contributed by atoms with E-state index in [1.54, 1.807) is 0 Å². The van der Waals surface area contributed by atoms with Crippen molar-refractivity contribution in [3.05, 3.63) is 35.9 Å². The second-order valence-electron chi connectivity index (χ2n) is 7.11. The van der Waals surface area contributed by atoms with E-state index in [9.17, 15) is 9.59 Å². The highest BCUT2D eigenvalue weighted by Crippen LogP contribution is 2.29. The Hall–Kier alpha value is -1.88. The zero-order valence-electron chi connectivity index (χ0n) is 14.3. The molecular weight excluding hydrogens is 302 g/mol. The van der Waals surface area contributed by atoms with Gasteiger partial charge in [-0.1, -0.05) is 37.3 Å². The Bertz CT molecular complexity index is 578. The van der Waals surface area contributed by atoms with Crippen LogP contribution < -0.4 is 11.1 Å². The van der Waals surface area contributed by atoms with Gasteiger partial charge in [0.05, 0.1) is 5.92 Å². The second-order valence-corrected chi connectivity index (χ2v) is 7.11. The number of nitrogens with zero attached hydrogens (tertiary/aromatic N) is 1. The summed E-state index contributed by atoms with van der Waals surface area (Å²) in [5.41, 5.74) is 7.27. The van der Waals surface area contributed by atoms with Crippen molar-refractivity contribution >= 4 is 11.8 Å². The standard InChI is InChI=1S/C19H27N3O2/c1-13(17(20)14-5-3-2-4-6-14)19(24)22-11-9-16(10-12-22)21-18(23)15-7-8-15/h2-6,13,15-17H,7-12,20H2,1H3,(H,21,23). The predicted octanol–water partition coefficient (Wildman–Crippen LogP) is 1.84. The Kier molecular flexibility index (Phi) is 5.19. The lowest BCUT2D eigenvalue weighted by atomic mass is 9.93. The molecule has 3 N–H and O–H groups in total. The van der Waals surface area contributed by atoms with E-state index >= 15 is 0 Å². The van der Waals surface area contributed by atoms with Crippen molar-refractivity contribution < 1.29 is 9.59 Å². The number of piperidine rings is 1. The van der Waals surface area contributed by atoms with E-state index in [0.29, 0.717) is 13.1 Å². The summed E-state index contributed by atoms with van der Waals surface area (Å²) in [6.45, 7) is 3.29. The lowest BCUT2D eigenvalue weighted by molar-refractivity contribution is -0.136. The van der Waals surface area contributed by atoms with E-state index in [0.717, 1.165) is 31.2 Å². The van der Waals surface area contributed by atoms with E-state index in [2.05, 4.69) is 5.32 Å². The molecule has 5 nitrogen and oxygen atoms in total. The summed E-state index contributed by atoms with van der Waals surface area (Å²) in [5, 5.41) is 3.12. The monoisotopic (exact) mass is 329 g/mol. The fraction of sp³-hybridized carbons (Fsp3) is 0.579. The smallest absolute Gasteiger partial charge is 0.227 e. The van der Waals surface area contributed by atoms with Crippen LogP contribution >= 0.6 is 0 Å². The number of hydrogen-bond donors (Lipinski definition) is 2. The summed E-state index contributed by atoms with van der Waals surface area (Å²) >= 11 is 0. The van der Waals surface area contributed by atoms with E-state index < -0.39 is 0 Å². The van der Waals surface area contributed by atoms with Gasteiger partial charge >= 0.3 is 0 Å². The van der Waals surface area contributed by atoms with Crippen molar-refractivity contribution in [3.63, 3.8) is 0 Å². The first-order valence-electron chi connectivity index (χ1n) is 8.96. The van der Waals surface area contributed by atoms with Crippen LogP contribution in [0.5, 0.6) is 0 Å². The van der Waals surface area contributed by atoms with Crippen LogP contribution in [0.15, 0.2) is 30.3 Å². The molecule has 2 atom stereocenters. The molecule has 24 heavy (non-hydrogen) atoms. The number of hydrogen-bond acceptors (Lipinski definition) is 3. The van der Waals surface area contributed by atoms with E-state index in [4.69, 9.17) is 5.73 Å². The molecule has 0 spiro atoms. The highest BCUT2D eigenvalue weighted by Gasteiger charge is 2.33. The molecule has 2 aliphatic rings. The Balaban J connectivity index is 1.50. The molecule has 0 aromatic heterocycles. The topological polar surface area (TPSA) is 75.4 Å². The van der Waals surface area contributed by atoms with Crippen LogP contribution in [0.4, 0.5) is 0 Å². The molecule has 1 saturated heterocycles. The number of carbonyl (C=O) groups is 2. The van der Waals surface area contributed by atoms with E-state index in [1.165, 1.54) is 0 Å². The predicted molar refractivity (Wildman–Crippen MR) is 93.0 cm³/mol. The molecule has 1 aliphatic heterocycles. The van der Waals surface area contributed by atoms with E-state index in [-0.39, 0.29) is 35.7 Å². The molecule has 1 saturated carbocycles. The average Bonchev–Trinajstić information content (AvgIpc) is 3.46. The van der Waals surface area contributed by atoms with Crippen LogP contribution in [0.3, 0.4) is 0 Å². The van der Waals surface area contributed by atoms with Crippen LogP contribution in [0.2, 0.25) is 0 Å². The van der Waals surface area contributed by atoms with E-state index in [1.807, 2.05) is 42.2 Å². The molecule has 1 heterocycles. The number of likely N-dealkylation sites (tertiary alicyclic amines) is 1. The van der Waals surface area contributed by atoms with Gasteiger partial charge in [0, 0.05) is 31.1 Å². The molecule has 3 rings (SSSR count). The van der Waals surface area contributed by atoms with Gasteiger partial charge < -0.3 is 16.0 Å². The highest BCUT2D eigenvalue weighted by atomic mass is 16.2. The maximum absolute atomic E-state index is 12.7. The third-order valence-electron chi connectivity index (χ3n) is 5.21.